The van der Waals surface area contributed by atoms with Gasteiger partial charge < -0.3 is 10.2 Å². The molecule has 0 aromatic heterocycles. The van der Waals surface area contributed by atoms with Crippen LogP contribution in [0.5, 0.6) is 0 Å². The van der Waals surface area contributed by atoms with Crippen LogP contribution in [0.15, 0.2) is 0 Å². The topological polar surface area (TPSA) is 94.9 Å². The first-order valence-electron chi connectivity index (χ1n) is 4.94. The van der Waals surface area contributed by atoms with Gasteiger partial charge in [-0.15, -0.1) is 0 Å². The predicted molar refractivity (Wildman–Crippen MR) is 56.2 cm³/mol. The summed E-state index contributed by atoms with van der Waals surface area (Å²) in [6, 6.07) is -0.830. The lowest BCUT2D eigenvalue weighted by atomic mass is 10.0. The molecule has 0 aromatic carbocycles. The van der Waals surface area contributed by atoms with E-state index >= 15 is 0 Å². The van der Waals surface area contributed by atoms with Crippen molar-refractivity contribution in [1.29, 1.82) is 0 Å². The minimum Gasteiger partial charge on any atom is -0.480 e. The predicted octanol–water partition coefficient (Wildman–Crippen LogP) is 0.0712. The number of rotatable bonds is 7. The Kier molecular flexibility index (Phi) is 5.66. The van der Waals surface area contributed by atoms with Crippen molar-refractivity contribution in [2.24, 2.45) is 5.92 Å². The monoisotopic (exact) mass is 231 g/mol. The van der Waals surface area contributed by atoms with Crippen molar-refractivity contribution < 1.29 is 24.6 Å². The SMILES string of the molecule is CC(C)C[C@H](C(=O)O)N(C)CC(=O)C(=O)O. The molecule has 0 aromatic rings. The van der Waals surface area contributed by atoms with Crippen LogP contribution >= 0.6 is 0 Å². The second-order valence-corrected chi connectivity index (χ2v) is 4.13. The average Bonchev–Trinajstić information content (AvgIpc) is 2.12. The van der Waals surface area contributed by atoms with Crippen LogP contribution in [0.2, 0.25) is 0 Å². The molecule has 0 aliphatic heterocycles. The lowest BCUT2D eigenvalue weighted by Gasteiger charge is -2.24. The molecule has 0 amide bonds. The molecule has 0 unspecified atom stereocenters. The van der Waals surface area contributed by atoms with Crippen LogP contribution < -0.4 is 0 Å². The first-order chi connectivity index (χ1) is 7.25. The van der Waals surface area contributed by atoms with E-state index in [1.165, 1.54) is 11.9 Å². The lowest BCUT2D eigenvalue weighted by molar-refractivity contribution is -0.151. The Balaban J connectivity index is 4.50. The number of carboxylic acid groups (broad SMARTS) is 2. The van der Waals surface area contributed by atoms with Gasteiger partial charge in [-0.3, -0.25) is 14.5 Å². The van der Waals surface area contributed by atoms with E-state index in [1.54, 1.807) is 0 Å². The zero-order valence-corrected chi connectivity index (χ0v) is 9.64. The summed E-state index contributed by atoms with van der Waals surface area (Å²) < 4.78 is 0. The Morgan fingerprint density at radius 2 is 1.69 bits per heavy atom. The van der Waals surface area contributed by atoms with Gasteiger partial charge in [0.05, 0.1) is 6.54 Å². The second-order valence-electron chi connectivity index (χ2n) is 4.13. The Bertz CT molecular complexity index is 287. The van der Waals surface area contributed by atoms with Crippen LogP contribution in [-0.4, -0.2) is 52.5 Å². The molecule has 0 saturated heterocycles. The second kappa shape index (κ2) is 6.22. The fourth-order valence-electron chi connectivity index (χ4n) is 1.32. The van der Waals surface area contributed by atoms with E-state index in [2.05, 4.69) is 0 Å². The molecule has 0 fully saturated rings. The van der Waals surface area contributed by atoms with Crippen LogP contribution in [0.1, 0.15) is 20.3 Å². The average molecular weight is 231 g/mol. The van der Waals surface area contributed by atoms with Crippen molar-refractivity contribution in [2.45, 2.75) is 26.3 Å². The maximum absolute atomic E-state index is 10.9. The fraction of sp³-hybridized carbons (Fsp3) is 0.700. The highest BCUT2D eigenvalue weighted by molar-refractivity contribution is 6.33. The molecule has 2 N–H and O–H groups in total. The van der Waals surface area contributed by atoms with Crippen LogP contribution in [0, 0.1) is 5.92 Å². The Labute approximate surface area is 93.9 Å². The molecule has 92 valence electrons. The third-order valence-corrected chi connectivity index (χ3v) is 2.14. The molecular weight excluding hydrogens is 214 g/mol. The number of carbonyl (C=O) groups is 3. The number of aliphatic carboxylic acids is 2. The maximum atomic E-state index is 10.9. The quantitative estimate of drug-likeness (QED) is 0.602. The van der Waals surface area contributed by atoms with Gasteiger partial charge >= 0.3 is 11.9 Å². The number of carbonyl (C=O) groups excluding carboxylic acids is 1. The van der Waals surface area contributed by atoms with Crippen LogP contribution in [-0.2, 0) is 14.4 Å². The molecule has 0 aliphatic rings. The number of carboxylic acids is 2. The Morgan fingerprint density at radius 3 is 2.00 bits per heavy atom. The molecule has 0 spiro atoms. The Morgan fingerprint density at radius 1 is 1.19 bits per heavy atom. The summed E-state index contributed by atoms with van der Waals surface area (Å²) in [6.45, 7) is 3.34. The van der Waals surface area contributed by atoms with Crippen LogP contribution in [0.25, 0.3) is 0 Å². The molecule has 0 rings (SSSR count). The van der Waals surface area contributed by atoms with E-state index in [0.717, 1.165) is 0 Å². The molecule has 6 heteroatoms. The summed E-state index contributed by atoms with van der Waals surface area (Å²) in [4.78, 5) is 33.4. The van der Waals surface area contributed by atoms with E-state index in [9.17, 15) is 14.4 Å². The highest BCUT2D eigenvalue weighted by Gasteiger charge is 2.26. The number of Topliss-reactive ketones (excluding diaryl/α,β-unsaturated/α-hetero) is 1. The van der Waals surface area contributed by atoms with E-state index in [0.29, 0.717) is 6.42 Å². The third-order valence-electron chi connectivity index (χ3n) is 2.14. The molecular formula is C10H17NO5. The summed E-state index contributed by atoms with van der Waals surface area (Å²) in [5, 5.41) is 17.4. The summed E-state index contributed by atoms with van der Waals surface area (Å²) in [7, 11) is 1.43. The van der Waals surface area contributed by atoms with Crippen molar-refractivity contribution in [2.75, 3.05) is 13.6 Å². The van der Waals surface area contributed by atoms with Gasteiger partial charge in [-0.05, 0) is 19.4 Å². The standard InChI is InChI=1S/C10H17NO5/c1-6(2)4-7(9(13)14)11(3)5-8(12)10(15)16/h6-7H,4-5H2,1-3H3,(H,13,14)(H,15,16)/t7-/m1/s1. The van der Waals surface area contributed by atoms with Crippen LogP contribution in [0.3, 0.4) is 0 Å². The fourth-order valence-corrected chi connectivity index (χ4v) is 1.32. The largest absolute Gasteiger partial charge is 0.480 e. The van der Waals surface area contributed by atoms with Crippen molar-refractivity contribution in [3.05, 3.63) is 0 Å². The van der Waals surface area contributed by atoms with Gasteiger partial charge in [0, 0.05) is 0 Å². The van der Waals surface area contributed by atoms with Gasteiger partial charge in [-0.1, -0.05) is 13.8 Å². The van der Waals surface area contributed by atoms with E-state index in [1.807, 2.05) is 13.8 Å². The van der Waals surface area contributed by atoms with Gasteiger partial charge in [-0.2, -0.15) is 0 Å². The van der Waals surface area contributed by atoms with Gasteiger partial charge in [0.25, 0.3) is 5.78 Å². The maximum Gasteiger partial charge on any atom is 0.373 e. The summed E-state index contributed by atoms with van der Waals surface area (Å²) in [6.07, 6.45) is 0.374. The van der Waals surface area contributed by atoms with Gasteiger partial charge in [0.2, 0.25) is 0 Å². The third kappa shape index (κ3) is 4.88. The highest BCUT2D eigenvalue weighted by atomic mass is 16.4. The molecule has 0 saturated carbocycles. The van der Waals surface area contributed by atoms with Crippen molar-refractivity contribution >= 4 is 17.7 Å². The first kappa shape index (κ1) is 14.6. The van der Waals surface area contributed by atoms with E-state index in [-0.39, 0.29) is 12.5 Å². The molecule has 16 heavy (non-hydrogen) atoms. The number of hydrogen-bond acceptors (Lipinski definition) is 4. The van der Waals surface area contributed by atoms with E-state index in [4.69, 9.17) is 10.2 Å². The van der Waals surface area contributed by atoms with E-state index < -0.39 is 23.8 Å². The van der Waals surface area contributed by atoms with Crippen molar-refractivity contribution in [3.8, 4) is 0 Å². The molecule has 0 bridgehead atoms. The number of likely N-dealkylation sites (N-methyl/N-ethyl adjacent to an activating group) is 1. The number of nitrogens with zero attached hydrogens (tertiary/aromatic N) is 1. The zero-order valence-electron chi connectivity index (χ0n) is 9.64. The van der Waals surface area contributed by atoms with Crippen molar-refractivity contribution in [3.63, 3.8) is 0 Å². The highest BCUT2D eigenvalue weighted by Crippen LogP contribution is 2.10. The summed E-state index contributed by atoms with van der Waals surface area (Å²) in [5.74, 6) is -3.43. The van der Waals surface area contributed by atoms with Crippen molar-refractivity contribution in [1.82, 2.24) is 4.90 Å². The molecule has 1 atom stereocenters. The molecule has 0 aliphatic carbocycles. The molecule has 0 heterocycles. The number of ketones is 1. The normalized spacial score (nSPS) is 12.8. The first-order valence-corrected chi connectivity index (χ1v) is 4.94. The van der Waals surface area contributed by atoms with Crippen LogP contribution in [0.4, 0.5) is 0 Å². The summed E-state index contributed by atoms with van der Waals surface area (Å²) >= 11 is 0. The minimum absolute atomic E-state index is 0.156. The van der Waals surface area contributed by atoms with Gasteiger partial charge in [0.1, 0.15) is 6.04 Å². The van der Waals surface area contributed by atoms with Gasteiger partial charge in [0.15, 0.2) is 0 Å². The number of hydrogen-bond donors (Lipinski definition) is 2. The zero-order chi connectivity index (χ0) is 12.9. The van der Waals surface area contributed by atoms with Gasteiger partial charge in [-0.25, -0.2) is 4.79 Å². The lowest BCUT2D eigenvalue weighted by Crippen LogP contribution is -2.43. The molecule has 6 nitrogen and oxygen atoms in total. The summed E-state index contributed by atoms with van der Waals surface area (Å²) in [5.41, 5.74) is 0. The molecule has 0 radical (unpaired) electrons. The minimum atomic E-state index is -1.54. The smallest absolute Gasteiger partial charge is 0.373 e. The Hall–Kier alpha value is -1.43.